The number of carbonyl (C=O) groups excluding carboxylic acids is 1. The number of nitrogens with one attached hydrogen (secondary N) is 1. The maximum Gasteiger partial charge on any atom is 0.258 e. The summed E-state index contributed by atoms with van der Waals surface area (Å²) in [6.07, 6.45) is 3.01. The van der Waals surface area contributed by atoms with E-state index in [0.29, 0.717) is 28.4 Å². The predicted molar refractivity (Wildman–Crippen MR) is 107 cm³/mol. The number of imidazole rings is 1. The fourth-order valence-corrected chi connectivity index (χ4v) is 3.16. The van der Waals surface area contributed by atoms with Gasteiger partial charge in [-0.25, -0.2) is 14.4 Å². The zero-order chi connectivity index (χ0) is 19.7. The van der Waals surface area contributed by atoms with Gasteiger partial charge in [0, 0.05) is 16.9 Å². The minimum atomic E-state index is -0.394. The van der Waals surface area contributed by atoms with Gasteiger partial charge in [-0.2, -0.15) is 0 Å². The van der Waals surface area contributed by atoms with E-state index >= 15 is 0 Å². The number of fused-ring (bicyclic) bond motifs is 1. The summed E-state index contributed by atoms with van der Waals surface area (Å²) in [5.41, 5.74) is 2.66. The fraction of sp³-hybridized carbons (Fsp3) is 0.0500. The summed E-state index contributed by atoms with van der Waals surface area (Å²) < 4.78 is 14.9. The maximum absolute atomic E-state index is 13.1. The normalized spacial score (nSPS) is 11.0. The zero-order valence-corrected chi connectivity index (χ0v) is 15.9. The molecule has 0 aliphatic heterocycles. The van der Waals surface area contributed by atoms with E-state index in [9.17, 15) is 9.18 Å². The smallest absolute Gasteiger partial charge is 0.258 e. The summed E-state index contributed by atoms with van der Waals surface area (Å²) in [5.74, 6) is -0.688. The molecule has 0 unspecified atom stereocenters. The van der Waals surface area contributed by atoms with Crippen molar-refractivity contribution >= 4 is 46.0 Å². The Morgan fingerprint density at radius 1 is 1.04 bits per heavy atom. The fourth-order valence-electron chi connectivity index (χ4n) is 2.77. The van der Waals surface area contributed by atoms with Crippen LogP contribution < -0.4 is 5.32 Å². The van der Waals surface area contributed by atoms with Gasteiger partial charge in [-0.3, -0.25) is 4.79 Å². The molecule has 0 atom stereocenters. The first kappa shape index (κ1) is 18.4. The highest BCUT2D eigenvalue weighted by Crippen LogP contribution is 2.26. The van der Waals surface area contributed by atoms with Crippen molar-refractivity contribution in [2.75, 3.05) is 5.32 Å². The molecule has 4 aromatic rings. The van der Waals surface area contributed by atoms with Gasteiger partial charge in [-0.15, -0.1) is 0 Å². The molecule has 0 bridgehead atoms. The molecule has 0 radical (unpaired) electrons. The minimum Gasteiger partial charge on any atom is -0.322 e. The molecule has 1 amide bonds. The number of rotatable bonds is 4. The Morgan fingerprint density at radius 2 is 1.75 bits per heavy atom. The number of pyridine rings is 1. The topological polar surface area (TPSA) is 59.8 Å². The van der Waals surface area contributed by atoms with Crippen LogP contribution in [0.5, 0.6) is 0 Å². The summed E-state index contributed by atoms with van der Waals surface area (Å²) in [4.78, 5) is 21.2. The van der Waals surface area contributed by atoms with Crippen LogP contribution in [0.3, 0.4) is 0 Å². The Kier molecular flexibility index (Phi) is 4.98. The summed E-state index contributed by atoms with van der Waals surface area (Å²) in [6.45, 7) is 0.455. The highest BCUT2D eigenvalue weighted by molar-refractivity contribution is 6.38. The van der Waals surface area contributed by atoms with E-state index in [1.165, 1.54) is 18.3 Å². The highest BCUT2D eigenvalue weighted by Gasteiger charge is 2.17. The van der Waals surface area contributed by atoms with Gasteiger partial charge in [0.15, 0.2) is 5.65 Å². The lowest BCUT2D eigenvalue weighted by molar-refractivity contribution is 0.102. The first-order valence-electron chi connectivity index (χ1n) is 8.32. The molecular formula is C20H13Cl2FN4O. The molecule has 5 nitrogen and oxygen atoms in total. The summed E-state index contributed by atoms with van der Waals surface area (Å²) in [7, 11) is 0. The SMILES string of the molecule is O=C(Nc1ccc(Cl)cc1)c1cnc2c(ncn2Cc2ccc(F)cc2)c1Cl. The van der Waals surface area contributed by atoms with Crippen molar-refractivity contribution in [3.63, 3.8) is 0 Å². The molecule has 4 rings (SSSR count). The molecule has 0 aliphatic carbocycles. The summed E-state index contributed by atoms with van der Waals surface area (Å²) >= 11 is 12.3. The molecule has 8 heteroatoms. The van der Waals surface area contributed by atoms with E-state index in [-0.39, 0.29) is 16.4 Å². The van der Waals surface area contributed by atoms with Crippen molar-refractivity contribution < 1.29 is 9.18 Å². The Hall–Kier alpha value is -2.96. The van der Waals surface area contributed by atoms with Crippen LogP contribution in [-0.4, -0.2) is 20.4 Å². The van der Waals surface area contributed by atoms with Crippen LogP contribution in [0.15, 0.2) is 61.1 Å². The van der Waals surface area contributed by atoms with Crippen molar-refractivity contribution in [3.8, 4) is 0 Å². The number of hydrogen-bond donors (Lipinski definition) is 1. The third-order valence-corrected chi connectivity index (χ3v) is 4.82. The van der Waals surface area contributed by atoms with Crippen LogP contribution in [0.2, 0.25) is 10.0 Å². The van der Waals surface area contributed by atoms with Crippen LogP contribution in [0.25, 0.3) is 11.2 Å². The number of carbonyl (C=O) groups is 1. The summed E-state index contributed by atoms with van der Waals surface area (Å²) in [6, 6.07) is 12.9. The van der Waals surface area contributed by atoms with E-state index in [1.807, 2.05) is 0 Å². The van der Waals surface area contributed by atoms with Gasteiger partial charge in [-0.05, 0) is 42.0 Å². The first-order chi connectivity index (χ1) is 13.5. The quantitative estimate of drug-likeness (QED) is 0.500. The van der Waals surface area contributed by atoms with Crippen molar-refractivity contribution in [3.05, 3.63) is 88.0 Å². The second-order valence-electron chi connectivity index (χ2n) is 6.12. The largest absolute Gasteiger partial charge is 0.322 e. The Balaban J connectivity index is 1.61. The van der Waals surface area contributed by atoms with Crippen molar-refractivity contribution in [1.29, 1.82) is 0 Å². The van der Waals surface area contributed by atoms with Crippen molar-refractivity contribution in [1.82, 2.24) is 14.5 Å². The van der Waals surface area contributed by atoms with Gasteiger partial charge in [-0.1, -0.05) is 35.3 Å². The molecule has 2 aromatic heterocycles. The lowest BCUT2D eigenvalue weighted by Gasteiger charge is -2.08. The van der Waals surface area contributed by atoms with E-state index in [2.05, 4.69) is 15.3 Å². The molecule has 0 saturated carbocycles. The number of halogens is 3. The number of hydrogen-bond acceptors (Lipinski definition) is 3. The third kappa shape index (κ3) is 3.69. The lowest BCUT2D eigenvalue weighted by atomic mass is 10.2. The van der Waals surface area contributed by atoms with Gasteiger partial charge >= 0.3 is 0 Å². The molecule has 140 valence electrons. The maximum atomic E-state index is 13.1. The summed E-state index contributed by atoms with van der Waals surface area (Å²) in [5, 5.41) is 3.54. The van der Waals surface area contributed by atoms with Crippen LogP contribution in [0.1, 0.15) is 15.9 Å². The zero-order valence-electron chi connectivity index (χ0n) is 14.4. The van der Waals surface area contributed by atoms with Gasteiger partial charge in [0.2, 0.25) is 0 Å². The molecular weight excluding hydrogens is 402 g/mol. The van der Waals surface area contributed by atoms with Crippen LogP contribution in [0.4, 0.5) is 10.1 Å². The van der Waals surface area contributed by atoms with Crippen molar-refractivity contribution in [2.24, 2.45) is 0 Å². The van der Waals surface area contributed by atoms with E-state index in [4.69, 9.17) is 23.2 Å². The second kappa shape index (κ2) is 7.58. The number of benzene rings is 2. The van der Waals surface area contributed by atoms with Crippen LogP contribution in [0, 0.1) is 5.82 Å². The molecule has 28 heavy (non-hydrogen) atoms. The van der Waals surface area contributed by atoms with E-state index < -0.39 is 5.91 Å². The first-order valence-corrected chi connectivity index (χ1v) is 9.07. The van der Waals surface area contributed by atoms with E-state index in [1.54, 1.807) is 47.3 Å². The average molecular weight is 415 g/mol. The number of nitrogens with zero attached hydrogens (tertiary/aromatic N) is 3. The number of anilines is 1. The molecule has 0 saturated heterocycles. The second-order valence-corrected chi connectivity index (χ2v) is 6.93. The monoisotopic (exact) mass is 414 g/mol. The molecule has 0 spiro atoms. The van der Waals surface area contributed by atoms with Gasteiger partial charge in [0.05, 0.1) is 23.5 Å². The molecule has 1 N–H and O–H groups in total. The van der Waals surface area contributed by atoms with Gasteiger partial charge in [0.1, 0.15) is 11.3 Å². The Bertz CT molecular complexity index is 1160. The van der Waals surface area contributed by atoms with Crippen LogP contribution in [-0.2, 0) is 6.54 Å². The standard InChI is InChI=1S/C20H13Cl2FN4O/c21-13-3-7-15(8-4-13)26-20(28)16-9-24-19-18(17(16)22)25-11-27(19)10-12-1-5-14(23)6-2-12/h1-9,11H,10H2,(H,26,28). The molecule has 2 heterocycles. The van der Waals surface area contributed by atoms with Gasteiger partial charge in [0.25, 0.3) is 5.91 Å². The highest BCUT2D eigenvalue weighted by atomic mass is 35.5. The van der Waals surface area contributed by atoms with Crippen LogP contribution >= 0.6 is 23.2 Å². The number of amides is 1. The molecule has 2 aromatic carbocycles. The molecule has 0 aliphatic rings. The molecule has 0 fully saturated rings. The minimum absolute atomic E-state index is 0.217. The Labute approximate surface area is 169 Å². The predicted octanol–water partition coefficient (Wildman–Crippen LogP) is 5.18. The van der Waals surface area contributed by atoms with Crippen molar-refractivity contribution in [2.45, 2.75) is 6.54 Å². The van der Waals surface area contributed by atoms with Gasteiger partial charge < -0.3 is 9.88 Å². The lowest BCUT2D eigenvalue weighted by Crippen LogP contribution is -2.13. The average Bonchev–Trinajstić information content (AvgIpc) is 3.09. The number of aromatic nitrogens is 3. The Morgan fingerprint density at radius 3 is 2.46 bits per heavy atom. The van der Waals surface area contributed by atoms with E-state index in [0.717, 1.165) is 5.56 Å². The third-order valence-electron chi connectivity index (χ3n) is 4.18.